The molecule has 1 N–H and O–H groups in total. The highest BCUT2D eigenvalue weighted by atomic mass is 32.1. The molecule has 0 bridgehead atoms. The van der Waals surface area contributed by atoms with E-state index in [0.717, 1.165) is 42.5 Å². The molecule has 1 fully saturated rings. The van der Waals surface area contributed by atoms with E-state index < -0.39 is 0 Å². The molecule has 3 heterocycles. The molecule has 3 aromatic rings. The Hall–Kier alpha value is -2.64. The molecular weight excluding hydrogens is 389 g/mol. The molecule has 0 radical (unpaired) electrons. The van der Waals surface area contributed by atoms with Gasteiger partial charge in [-0.2, -0.15) is 0 Å². The summed E-state index contributed by atoms with van der Waals surface area (Å²) in [5.41, 5.74) is 1.03. The number of benzene rings is 1. The van der Waals surface area contributed by atoms with E-state index in [-0.39, 0.29) is 17.8 Å². The van der Waals surface area contributed by atoms with Gasteiger partial charge in [-0.3, -0.25) is 9.69 Å². The lowest BCUT2D eigenvalue weighted by Crippen LogP contribution is -2.50. The van der Waals surface area contributed by atoms with Gasteiger partial charge in [0.1, 0.15) is 11.6 Å². The fourth-order valence-corrected chi connectivity index (χ4v) is 4.38. The molecular formula is C22H24FN3O2S. The minimum absolute atomic E-state index is 0.00680. The van der Waals surface area contributed by atoms with Crippen LogP contribution in [0.15, 0.2) is 64.6 Å². The lowest BCUT2D eigenvalue weighted by Gasteiger charge is -2.39. The third-order valence-electron chi connectivity index (χ3n) is 5.23. The summed E-state index contributed by atoms with van der Waals surface area (Å²) in [4.78, 5) is 18.0. The minimum atomic E-state index is -0.219. The van der Waals surface area contributed by atoms with E-state index in [1.807, 2.05) is 41.8 Å². The topological polar surface area (TPSA) is 48.7 Å². The van der Waals surface area contributed by atoms with Crippen LogP contribution in [0.4, 0.5) is 10.1 Å². The van der Waals surface area contributed by atoms with Crippen molar-refractivity contribution in [2.45, 2.75) is 12.5 Å². The van der Waals surface area contributed by atoms with Crippen molar-refractivity contribution in [3.63, 3.8) is 0 Å². The summed E-state index contributed by atoms with van der Waals surface area (Å²) in [6.45, 7) is 3.86. The lowest BCUT2D eigenvalue weighted by molar-refractivity contribution is -0.120. The maximum atomic E-state index is 13.2. The first-order valence-electron chi connectivity index (χ1n) is 9.76. The van der Waals surface area contributed by atoms with Crippen molar-refractivity contribution in [3.8, 4) is 0 Å². The van der Waals surface area contributed by atoms with Crippen LogP contribution < -0.4 is 10.2 Å². The zero-order chi connectivity index (χ0) is 20.1. The minimum Gasteiger partial charge on any atom is -0.468 e. The third kappa shape index (κ3) is 5.05. The number of hydrogen-bond acceptors (Lipinski definition) is 5. The highest BCUT2D eigenvalue weighted by Crippen LogP contribution is 2.24. The predicted octanol–water partition coefficient (Wildman–Crippen LogP) is 3.70. The van der Waals surface area contributed by atoms with Gasteiger partial charge in [0.2, 0.25) is 5.91 Å². The van der Waals surface area contributed by atoms with E-state index in [1.165, 1.54) is 12.1 Å². The Bertz CT molecular complexity index is 889. The maximum Gasteiger partial charge on any atom is 0.225 e. The number of nitrogens with zero attached hydrogens (tertiary/aromatic N) is 2. The third-order valence-corrected chi connectivity index (χ3v) is 6.10. The number of halogens is 1. The Labute approximate surface area is 173 Å². The van der Waals surface area contributed by atoms with Gasteiger partial charge in [0.25, 0.3) is 0 Å². The molecule has 2 aromatic heterocycles. The van der Waals surface area contributed by atoms with E-state index in [0.29, 0.717) is 13.0 Å². The number of piperazine rings is 1. The monoisotopic (exact) mass is 413 g/mol. The number of furan rings is 1. The van der Waals surface area contributed by atoms with Crippen molar-refractivity contribution in [2.24, 2.45) is 0 Å². The summed E-state index contributed by atoms with van der Waals surface area (Å²) >= 11 is 1.59. The standard InChI is InChI=1S/C22H24FN3O2S/c23-17-5-7-18(8-6-17)25-9-11-26(12-10-25)20(21-4-1-13-28-21)16-24-22(27)15-19-3-2-14-29-19/h1-8,13-14,20H,9-12,15-16H2,(H,24,27)/t20-/m0/s1. The Morgan fingerprint density at radius 2 is 1.90 bits per heavy atom. The summed E-state index contributed by atoms with van der Waals surface area (Å²) in [5, 5.41) is 5.05. The molecule has 1 amide bonds. The largest absolute Gasteiger partial charge is 0.468 e. The number of amides is 1. The number of hydrogen-bond donors (Lipinski definition) is 1. The van der Waals surface area contributed by atoms with E-state index in [1.54, 1.807) is 17.6 Å². The van der Waals surface area contributed by atoms with Gasteiger partial charge < -0.3 is 14.6 Å². The normalized spacial score (nSPS) is 16.0. The maximum absolute atomic E-state index is 13.2. The molecule has 1 aliphatic rings. The Morgan fingerprint density at radius 3 is 2.55 bits per heavy atom. The van der Waals surface area contributed by atoms with Crippen molar-refractivity contribution in [2.75, 3.05) is 37.6 Å². The molecule has 152 valence electrons. The molecule has 5 nitrogen and oxygen atoms in total. The number of carbonyl (C=O) groups is 1. The molecule has 1 aromatic carbocycles. The van der Waals surface area contributed by atoms with E-state index in [9.17, 15) is 9.18 Å². The Kier molecular flexibility index (Phi) is 6.27. The first-order chi connectivity index (χ1) is 14.2. The van der Waals surface area contributed by atoms with Gasteiger partial charge in [-0.15, -0.1) is 11.3 Å². The molecule has 1 saturated heterocycles. The van der Waals surface area contributed by atoms with Crippen LogP contribution in [0.1, 0.15) is 16.7 Å². The fourth-order valence-electron chi connectivity index (χ4n) is 3.68. The average molecular weight is 414 g/mol. The van der Waals surface area contributed by atoms with Gasteiger partial charge in [-0.1, -0.05) is 6.07 Å². The van der Waals surface area contributed by atoms with Crippen molar-refractivity contribution in [1.29, 1.82) is 0 Å². The molecule has 0 unspecified atom stereocenters. The zero-order valence-corrected chi connectivity index (χ0v) is 16.9. The Balaban J connectivity index is 1.36. The molecule has 0 saturated carbocycles. The highest BCUT2D eigenvalue weighted by molar-refractivity contribution is 7.10. The molecule has 1 atom stereocenters. The van der Waals surface area contributed by atoms with Gasteiger partial charge in [-0.05, 0) is 47.8 Å². The summed E-state index contributed by atoms with van der Waals surface area (Å²) in [6, 6.07) is 14.4. The molecule has 4 rings (SSSR count). The van der Waals surface area contributed by atoms with E-state index >= 15 is 0 Å². The SMILES string of the molecule is O=C(Cc1cccs1)NC[C@@H](c1ccco1)N1CCN(c2ccc(F)cc2)CC1. The summed E-state index contributed by atoms with van der Waals surface area (Å²) in [5.74, 6) is 0.661. The van der Waals surface area contributed by atoms with Crippen LogP contribution in [0, 0.1) is 5.82 Å². The van der Waals surface area contributed by atoms with E-state index in [2.05, 4.69) is 15.1 Å². The van der Waals surface area contributed by atoms with E-state index in [4.69, 9.17) is 4.42 Å². The van der Waals surface area contributed by atoms with Crippen LogP contribution in [-0.4, -0.2) is 43.5 Å². The summed E-state index contributed by atoms with van der Waals surface area (Å²) in [6.07, 6.45) is 2.07. The molecule has 0 aliphatic carbocycles. The second kappa shape index (κ2) is 9.24. The van der Waals surface area contributed by atoms with Crippen molar-refractivity contribution in [3.05, 3.63) is 76.6 Å². The Morgan fingerprint density at radius 1 is 1.10 bits per heavy atom. The summed E-state index contributed by atoms with van der Waals surface area (Å²) in [7, 11) is 0. The molecule has 0 spiro atoms. The second-order valence-corrected chi connectivity index (χ2v) is 8.12. The van der Waals surface area contributed by atoms with Crippen LogP contribution >= 0.6 is 11.3 Å². The summed E-state index contributed by atoms with van der Waals surface area (Å²) < 4.78 is 18.8. The quantitative estimate of drug-likeness (QED) is 0.642. The molecule has 1 aliphatic heterocycles. The van der Waals surface area contributed by atoms with Crippen LogP contribution in [0.2, 0.25) is 0 Å². The van der Waals surface area contributed by atoms with Crippen molar-refractivity contribution >= 4 is 22.9 Å². The van der Waals surface area contributed by atoms with Gasteiger partial charge in [-0.25, -0.2) is 4.39 Å². The zero-order valence-electron chi connectivity index (χ0n) is 16.1. The van der Waals surface area contributed by atoms with Gasteiger partial charge in [0.05, 0.1) is 18.7 Å². The van der Waals surface area contributed by atoms with Crippen LogP contribution in [0.25, 0.3) is 0 Å². The van der Waals surface area contributed by atoms with Crippen LogP contribution in [0.5, 0.6) is 0 Å². The molecule has 7 heteroatoms. The number of thiophene rings is 1. The highest BCUT2D eigenvalue weighted by Gasteiger charge is 2.27. The number of anilines is 1. The van der Waals surface area contributed by atoms with Gasteiger partial charge in [0, 0.05) is 43.3 Å². The van der Waals surface area contributed by atoms with Gasteiger partial charge in [0.15, 0.2) is 0 Å². The second-order valence-electron chi connectivity index (χ2n) is 7.09. The van der Waals surface area contributed by atoms with Gasteiger partial charge >= 0.3 is 0 Å². The smallest absolute Gasteiger partial charge is 0.225 e. The van der Waals surface area contributed by atoms with Crippen molar-refractivity contribution in [1.82, 2.24) is 10.2 Å². The number of nitrogens with one attached hydrogen (secondary N) is 1. The first kappa shape index (κ1) is 19.7. The number of carbonyl (C=O) groups excluding carboxylic acids is 1. The average Bonchev–Trinajstić information content (AvgIpc) is 3.44. The van der Waals surface area contributed by atoms with Crippen LogP contribution in [-0.2, 0) is 11.2 Å². The fraction of sp³-hybridized carbons (Fsp3) is 0.318. The molecule has 29 heavy (non-hydrogen) atoms. The lowest BCUT2D eigenvalue weighted by atomic mass is 10.1. The van der Waals surface area contributed by atoms with Crippen molar-refractivity contribution < 1.29 is 13.6 Å². The first-order valence-corrected chi connectivity index (χ1v) is 10.6. The predicted molar refractivity (Wildman–Crippen MR) is 113 cm³/mol. The number of rotatable bonds is 7. The van der Waals surface area contributed by atoms with Crippen LogP contribution in [0.3, 0.4) is 0 Å².